The first-order valence-corrected chi connectivity index (χ1v) is 9.81. The van der Waals surface area contributed by atoms with E-state index in [9.17, 15) is 25.2 Å². The Balaban J connectivity index is 5.10. The minimum Gasteiger partial charge on any atom is -0.544 e. The summed E-state index contributed by atoms with van der Waals surface area (Å²) in [7, 11) is 0. The van der Waals surface area contributed by atoms with Crippen LogP contribution in [-0.4, -0.2) is 58.6 Å². The van der Waals surface area contributed by atoms with Gasteiger partial charge < -0.3 is 29.7 Å². The average Bonchev–Trinajstić information content (AvgIpc) is 2.55. The van der Waals surface area contributed by atoms with Crippen LogP contribution < -0.4 is 5.11 Å². The van der Waals surface area contributed by atoms with Gasteiger partial charge in [-0.05, 0) is 37.8 Å². The molecule has 0 bridgehead atoms. The highest BCUT2D eigenvalue weighted by Gasteiger charge is 2.30. The van der Waals surface area contributed by atoms with Crippen LogP contribution in [0.25, 0.3) is 0 Å². The number of nitrogens with zero attached hydrogens (tertiary/aromatic N) is 1. The highest BCUT2D eigenvalue weighted by atomic mass is 16.4. The molecule has 3 N–H and O–H groups in total. The van der Waals surface area contributed by atoms with E-state index >= 15 is 0 Å². The Hall–Kier alpha value is -1.53. The van der Waals surface area contributed by atoms with Gasteiger partial charge in [-0.2, -0.15) is 0 Å². The Morgan fingerprint density at radius 2 is 1.35 bits per heavy atom. The molecule has 0 amide bonds. The quantitative estimate of drug-likeness (QED) is 0.220. The molecule has 0 aromatic heterocycles. The molecule has 0 spiro atoms. The number of carbonyl (C=O) groups excluding carboxylic acids is 1. The Morgan fingerprint density at radius 1 is 0.885 bits per heavy atom. The number of allylic oxidation sites excluding steroid dienone is 2. The highest BCUT2D eigenvalue weighted by Crippen LogP contribution is 2.15. The van der Waals surface area contributed by atoms with Crippen LogP contribution in [-0.2, 0) is 4.79 Å². The van der Waals surface area contributed by atoms with Gasteiger partial charge in [-0.15, -0.1) is 0 Å². The Morgan fingerprint density at radius 3 is 1.69 bits per heavy atom. The molecule has 6 heteroatoms. The lowest BCUT2D eigenvalue weighted by Crippen LogP contribution is -2.57. The summed E-state index contributed by atoms with van der Waals surface area (Å²) >= 11 is 0. The second kappa shape index (κ2) is 14.6. The fourth-order valence-electron chi connectivity index (χ4n) is 3.03. The number of aliphatic carboxylic acids is 1. The number of unbranched alkanes of at least 4 members (excludes halogenated alkanes) is 6. The molecule has 0 saturated carbocycles. The van der Waals surface area contributed by atoms with Crippen LogP contribution in [0.5, 0.6) is 0 Å². The molecule has 0 rings (SSSR count). The zero-order chi connectivity index (χ0) is 19.8. The van der Waals surface area contributed by atoms with E-state index in [-0.39, 0.29) is 48.8 Å². The first-order valence-electron chi connectivity index (χ1n) is 9.81. The molecule has 152 valence electrons. The van der Waals surface area contributed by atoms with Crippen LogP contribution in [0.15, 0.2) is 23.7 Å². The van der Waals surface area contributed by atoms with Gasteiger partial charge in [0, 0.05) is 0 Å². The summed E-state index contributed by atoms with van der Waals surface area (Å²) in [5.41, 5.74) is 0. The van der Waals surface area contributed by atoms with E-state index < -0.39 is 5.97 Å². The van der Waals surface area contributed by atoms with Gasteiger partial charge in [0.1, 0.15) is 37.7 Å². The summed E-state index contributed by atoms with van der Waals surface area (Å²) in [4.78, 5) is 11.2. The molecule has 0 radical (unpaired) electrons. The van der Waals surface area contributed by atoms with Crippen LogP contribution in [0.2, 0.25) is 0 Å². The third-order valence-corrected chi connectivity index (χ3v) is 4.41. The third kappa shape index (κ3) is 11.9. The summed E-state index contributed by atoms with van der Waals surface area (Å²) in [5, 5.41) is 41.1. The van der Waals surface area contributed by atoms with Crippen molar-refractivity contribution in [3.8, 4) is 0 Å². The molecule has 26 heavy (non-hydrogen) atoms. The third-order valence-electron chi connectivity index (χ3n) is 4.41. The van der Waals surface area contributed by atoms with Crippen molar-refractivity contribution < 1.29 is 29.7 Å². The molecule has 0 fully saturated rings. The minimum absolute atomic E-state index is 0.0491. The van der Waals surface area contributed by atoms with Crippen molar-refractivity contribution in [2.24, 2.45) is 0 Å². The summed E-state index contributed by atoms with van der Waals surface area (Å²) in [6, 6.07) is 0. The number of aliphatic hydroxyl groups is 3. The molecule has 0 aliphatic rings. The Labute approximate surface area is 158 Å². The lowest BCUT2D eigenvalue weighted by atomic mass is 10.1. The predicted molar refractivity (Wildman–Crippen MR) is 102 cm³/mol. The van der Waals surface area contributed by atoms with Gasteiger partial charge >= 0.3 is 0 Å². The molecule has 0 aliphatic heterocycles. The zero-order valence-corrected chi connectivity index (χ0v) is 16.5. The maximum absolute atomic E-state index is 11.2. The average molecular weight is 372 g/mol. The molecular formula is C20H37NO5. The van der Waals surface area contributed by atoms with Gasteiger partial charge in [0.25, 0.3) is 0 Å². The van der Waals surface area contributed by atoms with E-state index in [1.165, 1.54) is 0 Å². The fourth-order valence-corrected chi connectivity index (χ4v) is 3.03. The largest absolute Gasteiger partial charge is 0.544 e. The molecule has 0 atom stereocenters. The maximum Gasteiger partial charge on any atom is 0.143 e. The van der Waals surface area contributed by atoms with Gasteiger partial charge in [-0.1, -0.05) is 39.5 Å². The second-order valence-corrected chi connectivity index (χ2v) is 7.02. The monoisotopic (exact) mass is 371 g/mol. The van der Waals surface area contributed by atoms with E-state index in [0.717, 1.165) is 51.4 Å². The van der Waals surface area contributed by atoms with Gasteiger partial charge in [0.15, 0.2) is 0 Å². The van der Waals surface area contributed by atoms with Crippen molar-refractivity contribution in [2.75, 3.05) is 32.8 Å². The van der Waals surface area contributed by atoms with E-state index in [1.54, 1.807) is 12.2 Å². The number of quaternary nitrogens is 1. The van der Waals surface area contributed by atoms with Crippen LogP contribution in [0.3, 0.4) is 0 Å². The number of rotatable bonds is 16. The van der Waals surface area contributed by atoms with Crippen molar-refractivity contribution >= 4 is 5.97 Å². The molecule has 0 aromatic rings. The minimum atomic E-state index is -1.27. The number of carboxylic acids is 1. The van der Waals surface area contributed by atoms with Crippen molar-refractivity contribution in [1.29, 1.82) is 0 Å². The van der Waals surface area contributed by atoms with Crippen LogP contribution in [0.4, 0.5) is 0 Å². The number of hydrogen-bond acceptors (Lipinski definition) is 5. The molecule has 0 heterocycles. The zero-order valence-electron chi connectivity index (χ0n) is 16.5. The Bertz CT molecular complexity index is 417. The number of hydrogen-bond donors (Lipinski definition) is 3. The molecule has 0 aromatic carbocycles. The summed E-state index contributed by atoms with van der Waals surface area (Å²) in [6.45, 7) is 3.80. The van der Waals surface area contributed by atoms with Crippen molar-refractivity contribution in [3.05, 3.63) is 23.7 Å². The first-order chi connectivity index (χ1) is 12.4. The maximum atomic E-state index is 11.2. The van der Waals surface area contributed by atoms with E-state index in [2.05, 4.69) is 13.8 Å². The lowest BCUT2D eigenvalue weighted by molar-refractivity contribution is -0.916. The highest BCUT2D eigenvalue weighted by molar-refractivity contribution is 5.65. The van der Waals surface area contributed by atoms with Crippen molar-refractivity contribution in [2.45, 2.75) is 65.2 Å². The number of carboxylic acid groups (broad SMARTS) is 1. The molecule has 0 unspecified atom stereocenters. The standard InChI is InChI=1S/C20H37NO5/c1-3-5-7-9-11-18(23)15-21(13-14-22,17-20(25)26)16-19(24)12-10-8-6-4-2/h11-12,22H,3-10,13-17H2,1-2H3,(H2-,23,24,25,26)/b18-11-,19-12-. The van der Waals surface area contributed by atoms with Crippen molar-refractivity contribution in [3.63, 3.8) is 0 Å². The molecule has 6 nitrogen and oxygen atoms in total. The van der Waals surface area contributed by atoms with Gasteiger partial charge in [-0.3, -0.25) is 0 Å². The summed E-state index contributed by atoms with van der Waals surface area (Å²) in [6.07, 6.45) is 11.1. The molecular weight excluding hydrogens is 334 g/mol. The van der Waals surface area contributed by atoms with Crippen molar-refractivity contribution in [1.82, 2.24) is 0 Å². The lowest BCUT2D eigenvalue weighted by Gasteiger charge is -2.38. The Kier molecular flexibility index (Phi) is 13.8. The fraction of sp³-hybridized carbons (Fsp3) is 0.750. The second-order valence-electron chi connectivity index (χ2n) is 7.02. The molecule has 0 saturated heterocycles. The van der Waals surface area contributed by atoms with Crippen LogP contribution >= 0.6 is 0 Å². The van der Waals surface area contributed by atoms with Gasteiger partial charge in [0.2, 0.25) is 0 Å². The van der Waals surface area contributed by atoms with E-state index in [0.29, 0.717) is 0 Å². The SMILES string of the molecule is CCCCC/C=C(\O)C[N+](CCO)(CC(=O)[O-])C/C(O)=C/CCCCC. The predicted octanol–water partition coefficient (Wildman–Crippen LogP) is 2.59. The van der Waals surface area contributed by atoms with Crippen LogP contribution in [0.1, 0.15) is 65.2 Å². The normalized spacial score (nSPS) is 15.0. The first kappa shape index (κ1) is 24.5. The van der Waals surface area contributed by atoms with Gasteiger partial charge in [0.05, 0.1) is 12.6 Å². The van der Waals surface area contributed by atoms with E-state index in [1.807, 2.05) is 0 Å². The smallest absolute Gasteiger partial charge is 0.143 e. The number of aliphatic hydroxyl groups excluding tert-OH is 3. The molecule has 0 aliphatic carbocycles. The van der Waals surface area contributed by atoms with Crippen LogP contribution in [0, 0.1) is 0 Å². The van der Waals surface area contributed by atoms with Gasteiger partial charge in [-0.25, -0.2) is 0 Å². The number of carbonyl (C=O) groups is 1. The van der Waals surface area contributed by atoms with E-state index in [4.69, 9.17) is 0 Å². The summed E-state index contributed by atoms with van der Waals surface area (Å²) in [5.74, 6) is -1.08. The topological polar surface area (TPSA) is 101 Å². The summed E-state index contributed by atoms with van der Waals surface area (Å²) < 4.78 is -0.162.